The number of halogens is 2. The summed E-state index contributed by atoms with van der Waals surface area (Å²) in [5.74, 6) is -0.589. The van der Waals surface area contributed by atoms with Crippen LogP contribution in [-0.2, 0) is 0 Å². The highest BCUT2D eigenvalue weighted by atomic mass is 79.9. The molecule has 6 heteroatoms. The Balaban J connectivity index is 2.50. The number of anilines is 3. The van der Waals surface area contributed by atoms with Gasteiger partial charge in [0.15, 0.2) is 0 Å². The molecular weight excluding hydrogens is 342 g/mol. The van der Waals surface area contributed by atoms with Gasteiger partial charge in [0.25, 0.3) is 5.91 Å². The Morgan fingerprint density at radius 1 is 1.25 bits per heavy atom. The predicted molar refractivity (Wildman–Crippen MR) is 86.5 cm³/mol. The molecule has 0 saturated heterocycles. The van der Waals surface area contributed by atoms with E-state index in [-0.39, 0.29) is 5.56 Å². The highest BCUT2D eigenvalue weighted by Gasteiger charge is 2.14. The van der Waals surface area contributed by atoms with Gasteiger partial charge in [-0.25, -0.2) is 0 Å². The lowest BCUT2D eigenvalue weighted by molar-refractivity contribution is 0.100. The number of primary amides is 1. The van der Waals surface area contributed by atoms with Gasteiger partial charge in [-0.2, -0.15) is 0 Å². The molecule has 0 heterocycles. The van der Waals surface area contributed by atoms with Crippen LogP contribution >= 0.6 is 27.5 Å². The van der Waals surface area contributed by atoms with Crippen molar-refractivity contribution in [3.8, 4) is 0 Å². The maximum atomic E-state index is 11.5. The van der Waals surface area contributed by atoms with Gasteiger partial charge in [0.1, 0.15) is 0 Å². The van der Waals surface area contributed by atoms with Gasteiger partial charge in [0, 0.05) is 15.8 Å². The number of carbonyl (C=O) groups excluding carboxylic acids is 1. The van der Waals surface area contributed by atoms with E-state index >= 15 is 0 Å². The standard InChI is InChI=1S/C14H13BrClN3O/c1-7-2-8(15)4-10(3-7)19-13-11(14(18)20)5-9(17)6-12(13)16/h2-6,19H,17H2,1H3,(H2,18,20). The second-order valence-corrected chi connectivity index (χ2v) is 5.75. The zero-order chi connectivity index (χ0) is 14.9. The van der Waals surface area contributed by atoms with E-state index in [9.17, 15) is 4.79 Å². The number of rotatable bonds is 3. The molecule has 2 rings (SSSR count). The number of aryl methyl sites for hydroxylation is 1. The van der Waals surface area contributed by atoms with Crippen molar-refractivity contribution in [3.63, 3.8) is 0 Å². The molecule has 2 aromatic rings. The van der Waals surface area contributed by atoms with Gasteiger partial charge in [-0.15, -0.1) is 0 Å². The van der Waals surface area contributed by atoms with Crippen LogP contribution in [0.5, 0.6) is 0 Å². The van der Waals surface area contributed by atoms with Crippen molar-refractivity contribution in [2.45, 2.75) is 6.92 Å². The lowest BCUT2D eigenvalue weighted by Gasteiger charge is -2.14. The molecule has 0 aliphatic heterocycles. The summed E-state index contributed by atoms with van der Waals surface area (Å²) in [4.78, 5) is 11.5. The minimum Gasteiger partial charge on any atom is -0.399 e. The first-order valence-corrected chi connectivity index (χ1v) is 6.97. The summed E-state index contributed by atoms with van der Waals surface area (Å²) in [6.07, 6.45) is 0. The highest BCUT2D eigenvalue weighted by Crippen LogP contribution is 2.32. The number of benzene rings is 2. The third-order valence-electron chi connectivity index (χ3n) is 2.69. The van der Waals surface area contributed by atoms with Crippen molar-refractivity contribution in [1.29, 1.82) is 0 Å². The number of carbonyl (C=O) groups is 1. The van der Waals surface area contributed by atoms with E-state index in [4.69, 9.17) is 23.1 Å². The number of nitrogen functional groups attached to an aromatic ring is 1. The molecular formula is C14H13BrClN3O. The molecule has 0 aliphatic carbocycles. The molecule has 104 valence electrons. The zero-order valence-electron chi connectivity index (χ0n) is 10.7. The molecule has 0 radical (unpaired) electrons. The third kappa shape index (κ3) is 3.23. The SMILES string of the molecule is Cc1cc(Br)cc(Nc2c(Cl)cc(N)cc2C(N)=O)c1. The van der Waals surface area contributed by atoms with E-state index in [1.165, 1.54) is 6.07 Å². The van der Waals surface area contributed by atoms with Crippen LogP contribution < -0.4 is 16.8 Å². The zero-order valence-corrected chi connectivity index (χ0v) is 13.0. The summed E-state index contributed by atoms with van der Waals surface area (Å²) >= 11 is 9.57. The van der Waals surface area contributed by atoms with Crippen LogP contribution in [0.3, 0.4) is 0 Å². The molecule has 0 aromatic heterocycles. The quantitative estimate of drug-likeness (QED) is 0.733. The number of nitrogens with one attached hydrogen (secondary N) is 1. The van der Waals surface area contributed by atoms with Crippen molar-refractivity contribution in [2.75, 3.05) is 11.1 Å². The van der Waals surface area contributed by atoms with Crippen molar-refractivity contribution < 1.29 is 4.79 Å². The molecule has 0 unspecified atom stereocenters. The van der Waals surface area contributed by atoms with Gasteiger partial charge in [-0.05, 0) is 42.8 Å². The smallest absolute Gasteiger partial charge is 0.250 e. The largest absolute Gasteiger partial charge is 0.399 e. The van der Waals surface area contributed by atoms with Crippen LogP contribution in [0.25, 0.3) is 0 Å². The summed E-state index contributed by atoms with van der Waals surface area (Å²) in [6, 6.07) is 8.86. The molecule has 20 heavy (non-hydrogen) atoms. The lowest BCUT2D eigenvalue weighted by atomic mass is 10.1. The van der Waals surface area contributed by atoms with Gasteiger partial charge in [0.2, 0.25) is 0 Å². The summed E-state index contributed by atoms with van der Waals surface area (Å²) in [6.45, 7) is 1.97. The topological polar surface area (TPSA) is 81.1 Å². The number of amides is 1. The van der Waals surface area contributed by atoms with Crippen LogP contribution in [0.15, 0.2) is 34.8 Å². The number of hydrogen-bond donors (Lipinski definition) is 3. The van der Waals surface area contributed by atoms with Gasteiger partial charge < -0.3 is 16.8 Å². The fraction of sp³-hybridized carbons (Fsp3) is 0.0714. The first kappa shape index (κ1) is 14.7. The predicted octanol–water partition coefficient (Wildman–Crippen LogP) is 3.84. The summed E-state index contributed by atoms with van der Waals surface area (Å²) < 4.78 is 0.923. The molecule has 0 fully saturated rings. The van der Waals surface area contributed by atoms with Gasteiger partial charge in [-0.3, -0.25) is 4.79 Å². The minimum absolute atomic E-state index is 0.257. The Labute approximate surface area is 130 Å². The molecule has 2 aromatic carbocycles. The van der Waals surface area contributed by atoms with E-state index in [2.05, 4.69) is 21.2 Å². The van der Waals surface area contributed by atoms with Gasteiger partial charge in [-0.1, -0.05) is 27.5 Å². The van der Waals surface area contributed by atoms with Crippen LogP contribution in [-0.4, -0.2) is 5.91 Å². The highest BCUT2D eigenvalue weighted by molar-refractivity contribution is 9.10. The lowest BCUT2D eigenvalue weighted by Crippen LogP contribution is -2.14. The van der Waals surface area contributed by atoms with Crippen molar-refractivity contribution in [1.82, 2.24) is 0 Å². The van der Waals surface area contributed by atoms with Crippen molar-refractivity contribution in [3.05, 3.63) is 51.0 Å². The summed E-state index contributed by atoms with van der Waals surface area (Å²) in [5, 5.41) is 3.46. The van der Waals surface area contributed by atoms with E-state index in [1.807, 2.05) is 25.1 Å². The number of nitrogens with two attached hydrogens (primary N) is 2. The second kappa shape index (κ2) is 5.73. The van der Waals surface area contributed by atoms with Crippen molar-refractivity contribution in [2.24, 2.45) is 5.73 Å². The molecule has 5 N–H and O–H groups in total. The van der Waals surface area contributed by atoms with Gasteiger partial charge >= 0.3 is 0 Å². The molecule has 0 saturated carbocycles. The fourth-order valence-corrected chi connectivity index (χ4v) is 2.78. The van der Waals surface area contributed by atoms with E-state index < -0.39 is 5.91 Å². The van der Waals surface area contributed by atoms with E-state index in [0.717, 1.165) is 15.7 Å². The molecule has 0 atom stereocenters. The molecule has 0 bridgehead atoms. The monoisotopic (exact) mass is 353 g/mol. The van der Waals surface area contributed by atoms with E-state index in [0.29, 0.717) is 16.4 Å². The van der Waals surface area contributed by atoms with Gasteiger partial charge in [0.05, 0.1) is 16.3 Å². The van der Waals surface area contributed by atoms with Crippen LogP contribution in [0.4, 0.5) is 17.1 Å². The normalized spacial score (nSPS) is 10.3. The van der Waals surface area contributed by atoms with Crippen LogP contribution in [0, 0.1) is 6.92 Å². The summed E-state index contributed by atoms with van der Waals surface area (Å²) in [5.41, 5.74) is 14.0. The molecule has 1 amide bonds. The molecule has 4 nitrogen and oxygen atoms in total. The van der Waals surface area contributed by atoms with Crippen molar-refractivity contribution >= 4 is 50.5 Å². The fourth-order valence-electron chi connectivity index (χ4n) is 1.90. The number of hydrogen-bond acceptors (Lipinski definition) is 3. The first-order valence-electron chi connectivity index (χ1n) is 5.80. The Bertz CT molecular complexity index is 668. The Kier molecular flexibility index (Phi) is 4.20. The maximum absolute atomic E-state index is 11.5. The average molecular weight is 355 g/mol. The Morgan fingerprint density at radius 3 is 2.55 bits per heavy atom. The average Bonchev–Trinajstić information content (AvgIpc) is 2.30. The summed E-state index contributed by atoms with van der Waals surface area (Å²) in [7, 11) is 0. The molecule has 0 spiro atoms. The van der Waals surface area contributed by atoms with E-state index in [1.54, 1.807) is 6.07 Å². The van der Waals surface area contributed by atoms with Crippen LogP contribution in [0.2, 0.25) is 5.02 Å². The third-order valence-corrected chi connectivity index (χ3v) is 3.45. The van der Waals surface area contributed by atoms with Crippen LogP contribution in [0.1, 0.15) is 15.9 Å². The Hall–Kier alpha value is -1.72. The first-order chi connectivity index (χ1) is 9.36. The Morgan fingerprint density at radius 2 is 1.95 bits per heavy atom. The minimum atomic E-state index is -0.589. The maximum Gasteiger partial charge on any atom is 0.250 e. The molecule has 0 aliphatic rings. The second-order valence-electron chi connectivity index (χ2n) is 4.43.